The number of carbonyl (C=O) groups is 2. The minimum Gasteiger partial charge on any atom is -0.282 e. The number of likely N-dealkylation sites (tertiary alicyclic amines) is 1. The second-order valence-electron chi connectivity index (χ2n) is 5.88. The Bertz CT molecular complexity index is 386. The van der Waals surface area contributed by atoms with Crippen LogP contribution in [0.2, 0.25) is 0 Å². The van der Waals surface area contributed by atoms with E-state index in [0.717, 1.165) is 44.9 Å². The minimum absolute atomic E-state index is 0.0348. The summed E-state index contributed by atoms with van der Waals surface area (Å²) in [6, 6.07) is 0. The van der Waals surface area contributed by atoms with Crippen molar-refractivity contribution in [2.75, 3.05) is 6.54 Å². The van der Waals surface area contributed by atoms with Crippen molar-refractivity contribution in [1.82, 2.24) is 4.90 Å². The molecule has 1 aliphatic carbocycles. The predicted octanol–water partition coefficient (Wildman–Crippen LogP) is 2.89. The third kappa shape index (κ3) is 3.00. The van der Waals surface area contributed by atoms with Crippen molar-refractivity contribution in [3.05, 3.63) is 0 Å². The zero-order valence-corrected chi connectivity index (χ0v) is 11.6. The van der Waals surface area contributed by atoms with Crippen LogP contribution in [0.4, 0.5) is 0 Å². The number of amides is 2. The number of hydrogen-bond donors (Lipinski definition) is 0. The number of terminal acetylenes is 1. The number of nitrogens with zero attached hydrogens (tertiary/aromatic N) is 1. The molecule has 3 nitrogen and oxygen atoms in total. The van der Waals surface area contributed by atoms with E-state index in [0.29, 0.717) is 13.0 Å². The molecule has 0 radical (unpaired) electrons. The molecule has 19 heavy (non-hydrogen) atoms. The van der Waals surface area contributed by atoms with E-state index in [9.17, 15) is 9.59 Å². The van der Waals surface area contributed by atoms with E-state index in [1.807, 2.05) is 0 Å². The highest BCUT2D eigenvalue weighted by molar-refractivity contribution is 6.05. The summed E-state index contributed by atoms with van der Waals surface area (Å²) in [5.41, 5.74) is -0.348. The molecule has 1 aliphatic heterocycles. The molecular weight excluding hydrogens is 238 g/mol. The zero-order chi connectivity index (χ0) is 13.7. The highest BCUT2D eigenvalue weighted by Crippen LogP contribution is 2.44. The van der Waals surface area contributed by atoms with Gasteiger partial charge in [-0.05, 0) is 25.7 Å². The molecular formula is C16H23NO2. The van der Waals surface area contributed by atoms with Crippen LogP contribution in [0.5, 0.6) is 0 Å². The van der Waals surface area contributed by atoms with Crippen LogP contribution in [0.3, 0.4) is 0 Å². The van der Waals surface area contributed by atoms with Crippen LogP contribution >= 0.6 is 0 Å². The van der Waals surface area contributed by atoms with E-state index in [-0.39, 0.29) is 17.2 Å². The number of imide groups is 1. The van der Waals surface area contributed by atoms with Gasteiger partial charge in [-0.1, -0.05) is 25.7 Å². The topological polar surface area (TPSA) is 37.4 Å². The highest BCUT2D eigenvalue weighted by Gasteiger charge is 2.50. The summed E-state index contributed by atoms with van der Waals surface area (Å²) in [5, 5.41) is 0. The molecule has 3 heteroatoms. The van der Waals surface area contributed by atoms with Crippen LogP contribution in [0, 0.1) is 17.8 Å². The number of hydrogen-bond acceptors (Lipinski definition) is 2. The lowest BCUT2D eigenvalue weighted by atomic mass is 9.79. The molecule has 2 amide bonds. The van der Waals surface area contributed by atoms with Crippen molar-refractivity contribution in [2.45, 2.75) is 64.2 Å². The minimum atomic E-state index is -0.348. The Morgan fingerprint density at radius 2 is 1.79 bits per heavy atom. The SMILES string of the molecule is C#CCCCCN1C(=O)CC2(CCCCCC2)C1=O. The van der Waals surface area contributed by atoms with E-state index in [1.165, 1.54) is 17.7 Å². The molecule has 104 valence electrons. The van der Waals surface area contributed by atoms with Gasteiger partial charge >= 0.3 is 0 Å². The second-order valence-corrected chi connectivity index (χ2v) is 5.88. The monoisotopic (exact) mass is 261 g/mol. The summed E-state index contributed by atoms with van der Waals surface area (Å²) in [6.07, 6.45) is 14.5. The lowest BCUT2D eigenvalue weighted by Gasteiger charge is -2.25. The Kier molecular flexibility index (Phi) is 4.63. The number of rotatable bonds is 4. The molecule has 0 atom stereocenters. The maximum atomic E-state index is 12.6. The Morgan fingerprint density at radius 1 is 1.11 bits per heavy atom. The summed E-state index contributed by atoms with van der Waals surface area (Å²) in [4.78, 5) is 26.2. The van der Waals surface area contributed by atoms with Gasteiger partial charge in [0.1, 0.15) is 0 Å². The van der Waals surface area contributed by atoms with E-state index < -0.39 is 0 Å². The van der Waals surface area contributed by atoms with Crippen LogP contribution in [0.25, 0.3) is 0 Å². The van der Waals surface area contributed by atoms with Gasteiger partial charge in [-0.25, -0.2) is 0 Å². The quantitative estimate of drug-likeness (QED) is 0.443. The number of unbranched alkanes of at least 4 members (excludes halogenated alkanes) is 2. The summed E-state index contributed by atoms with van der Waals surface area (Å²) in [5.74, 6) is 2.72. The van der Waals surface area contributed by atoms with Crippen molar-refractivity contribution in [2.24, 2.45) is 5.41 Å². The van der Waals surface area contributed by atoms with E-state index in [1.54, 1.807) is 0 Å². The van der Waals surface area contributed by atoms with Crippen LogP contribution < -0.4 is 0 Å². The van der Waals surface area contributed by atoms with Crippen LogP contribution in [-0.4, -0.2) is 23.3 Å². The van der Waals surface area contributed by atoms with Gasteiger partial charge in [0.05, 0.1) is 5.41 Å². The van der Waals surface area contributed by atoms with Gasteiger partial charge < -0.3 is 0 Å². The molecule has 2 fully saturated rings. The average molecular weight is 261 g/mol. The fourth-order valence-corrected chi connectivity index (χ4v) is 3.38. The lowest BCUT2D eigenvalue weighted by Crippen LogP contribution is -2.36. The van der Waals surface area contributed by atoms with E-state index in [4.69, 9.17) is 6.42 Å². The van der Waals surface area contributed by atoms with Crippen LogP contribution in [0.1, 0.15) is 64.2 Å². The number of carbonyl (C=O) groups excluding carboxylic acids is 2. The summed E-state index contributed by atoms with van der Waals surface area (Å²) >= 11 is 0. The Morgan fingerprint density at radius 3 is 2.42 bits per heavy atom. The van der Waals surface area contributed by atoms with E-state index >= 15 is 0 Å². The Balaban J connectivity index is 1.97. The largest absolute Gasteiger partial charge is 0.282 e. The standard InChI is InChI=1S/C16H23NO2/c1-2-3-4-9-12-17-14(18)13-16(15(17)19)10-7-5-6-8-11-16/h1H,3-13H2. The van der Waals surface area contributed by atoms with Crippen molar-refractivity contribution in [1.29, 1.82) is 0 Å². The van der Waals surface area contributed by atoms with Gasteiger partial charge in [0.25, 0.3) is 0 Å². The van der Waals surface area contributed by atoms with E-state index in [2.05, 4.69) is 5.92 Å². The molecule has 0 aromatic carbocycles. The zero-order valence-electron chi connectivity index (χ0n) is 11.6. The summed E-state index contributed by atoms with van der Waals surface area (Å²) in [6.45, 7) is 0.557. The Labute approximate surface area is 115 Å². The summed E-state index contributed by atoms with van der Waals surface area (Å²) < 4.78 is 0. The molecule has 0 N–H and O–H groups in total. The molecule has 0 bridgehead atoms. The highest BCUT2D eigenvalue weighted by atomic mass is 16.2. The average Bonchev–Trinajstić information content (AvgIpc) is 2.59. The van der Waals surface area contributed by atoms with Gasteiger partial charge in [-0.15, -0.1) is 12.3 Å². The normalized spacial score (nSPS) is 22.6. The van der Waals surface area contributed by atoms with Gasteiger partial charge in [-0.3, -0.25) is 14.5 Å². The smallest absolute Gasteiger partial charge is 0.235 e. The first-order valence-electron chi connectivity index (χ1n) is 7.48. The van der Waals surface area contributed by atoms with Gasteiger partial charge in [0.2, 0.25) is 11.8 Å². The molecule has 1 spiro atoms. The molecule has 0 aromatic heterocycles. The van der Waals surface area contributed by atoms with Crippen molar-refractivity contribution < 1.29 is 9.59 Å². The van der Waals surface area contributed by atoms with Crippen molar-refractivity contribution in [3.8, 4) is 12.3 Å². The second kappa shape index (κ2) is 6.23. The van der Waals surface area contributed by atoms with Crippen molar-refractivity contribution >= 4 is 11.8 Å². The maximum absolute atomic E-state index is 12.6. The third-order valence-electron chi connectivity index (χ3n) is 4.50. The third-order valence-corrected chi connectivity index (χ3v) is 4.50. The lowest BCUT2D eigenvalue weighted by molar-refractivity contribution is -0.141. The molecule has 2 aliphatic rings. The first kappa shape index (κ1) is 14.1. The van der Waals surface area contributed by atoms with Gasteiger partial charge in [0.15, 0.2) is 0 Å². The molecule has 2 rings (SSSR count). The molecule has 0 aromatic rings. The Hall–Kier alpha value is -1.30. The van der Waals surface area contributed by atoms with Crippen molar-refractivity contribution in [3.63, 3.8) is 0 Å². The van der Waals surface area contributed by atoms with Gasteiger partial charge in [-0.2, -0.15) is 0 Å². The molecule has 1 heterocycles. The maximum Gasteiger partial charge on any atom is 0.235 e. The predicted molar refractivity (Wildman–Crippen MR) is 74.2 cm³/mol. The first-order valence-corrected chi connectivity index (χ1v) is 7.48. The molecule has 1 saturated heterocycles. The molecule has 1 saturated carbocycles. The fraction of sp³-hybridized carbons (Fsp3) is 0.750. The first-order chi connectivity index (χ1) is 9.19. The van der Waals surface area contributed by atoms with Gasteiger partial charge in [0, 0.05) is 19.4 Å². The van der Waals surface area contributed by atoms with Crippen LogP contribution in [0.15, 0.2) is 0 Å². The molecule has 0 unspecified atom stereocenters. The summed E-state index contributed by atoms with van der Waals surface area (Å²) in [7, 11) is 0. The fourth-order valence-electron chi connectivity index (χ4n) is 3.38. The van der Waals surface area contributed by atoms with Crippen LogP contribution in [-0.2, 0) is 9.59 Å².